The van der Waals surface area contributed by atoms with Gasteiger partial charge in [0.15, 0.2) is 0 Å². The van der Waals surface area contributed by atoms with Crippen LogP contribution in [0, 0.1) is 0 Å². The predicted molar refractivity (Wildman–Crippen MR) is 490 cm³/mol. The summed E-state index contributed by atoms with van der Waals surface area (Å²) >= 11 is -1.01. The van der Waals surface area contributed by atoms with Crippen LogP contribution in [0.1, 0.15) is 619 Å². The molecule has 0 radical (unpaired) electrons. The number of hydrogen-bond donors (Lipinski definition) is 0. The Hall–Kier alpha value is 1.06. The van der Waals surface area contributed by atoms with Crippen molar-refractivity contribution >= 4 is 28.3 Å². The smallest absolute Gasteiger partial charge is 0.0939 e. The second-order valence-corrected chi connectivity index (χ2v) is 43.1. The molecular weight excluding hydrogens is 1280 g/mol. The predicted octanol–water partition coefficient (Wildman–Crippen LogP) is 40.2. The van der Waals surface area contributed by atoms with E-state index in [2.05, 4.69) is 41.5 Å². The third kappa shape index (κ3) is 101. The molecule has 0 fully saturated rings. The van der Waals surface area contributed by atoms with E-state index in [-0.39, 0.29) is 0 Å². The molecule has 0 spiro atoms. The minimum Gasteiger partial charge on any atom is -0.0939 e. The van der Waals surface area contributed by atoms with Gasteiger partial charge in [-0.25, -0.2) is 0 Å². The summed E-state index contributed by atoms with van der Waals surface area (Å²) < 4.78 is 0. The maximum Gasteiger partial charge on any atom is 0.261 e. The van der Waals surface area contributed by atoms with Gasteiger partial charge in [-0.15, -0.1) is 0 Å². The highest BCUT2D eigenvalue weighted by molar-refractivity contribution is 6.59. The lowest BCUT2D eigenvalue weighted by Crippen LogP contribution is -2.12. The van der Waals surface area contributed by atoms with Crippen LogP contribution in [0.4, 0.5) is 0 Å². The summed E-state index contributed by atoms with van der Waals surface area (Å²) in [6.45, 7) is 13.9. The van der Waals surface area contributed by atoms with Crippen LogP contribution >= 0.6 is 0 Å². The fourth-order valence-corrected chi connectivity index (χ4v) is 24.6. The summed E-state index contributed by atoms with van der Waals surface area (Å²) in [4.78, 5) is 0. The lowest BCUT2D eigenvalue weighted by atomic mass is 10.0. The van der Waals surface area contributed by atoms with E-state index >= 15 is 0 Å². The molecule has 104 heavy (non-hydrogen) atoms. The van der Waals surface area contributed by atoms with Crippen LogP contribution in [-0.4, -0.2) is 28.3 Å². The van der Waals surface area contributed by atoms with Gasteiger partial charge >= 0.3 is 0 Å². The van der Waals surface area contributed by atoms with Crippen molar-refractivity contribution in [2.45, 2.75) is 651 Å². The summed E-state index contributed by atoms with van der Waals surface area (Å²) in [6.07, 6.45) is 135. The first-order valence-electron chi connectivity index (χ1n) is 51.7. The molecule has 624 valence electrons. The third-order valence-corrected chi connectivity index (χ3v) is 32.6. The summed E-state index contributed by atoms with van der Waals surface area (Å²) in [7, 11) is 0. The van der Waals surface area contributed by atoms with Crippen molar-refractivity contribution in [2.24, 2.45) is 0 Å². The molecule has 0 atom stereocenters. The van der Waals surface area contributed by atoms with E-state index in [1.807, 2.05) is 0 Å². The molecule has 2 heteroatoms. The van der Waals surface area contributed by atoms with Crippen molar-refractivity contribution in [3.8, 4) is 0 Å². The standard InChI is InChI=1S/3C18H37.3C16H33.2Al/c3*1-3-5-7-9-11-13-15-17-18-16-14-12-10-8-6-4-2;3*1-3-5-7-9-11-13-15-16-14-12-10-8-6-4-2;;/h3*1,3-18H2,2H3;3*1,3-16H2,2H3;;. The minimum absolute atomic E-state index is 0.501. The molecule has 0 unspecified atom stereocenters. The van der Waals surface area contributed by atoms with E-state index in [1.54, 1.807) is 109 Å². The molecule has 0 aliphatic carbocycles. The van der Waals surface area contributed by atoms with Crippen molar-refractivity contribution in [1.82, 2.24) is 0 Å². The lowest BCUT2D eigenvalue weighted by molar-refractivity contribution is 0.530. The van der Waals surface area contributed by atoms with Crippen molar-refractivity contribution in [1.29, 1.82) is 0 Å². The van der Waals surface area contributed by atoms with Gasteiger partial charge in [-0.3, -0.25) is 0 Å². The second-order valence-electron chi connectivity index (χ2n) is 36.2. The van der Waals surface area contributed by atoms with E-state index in [1.165, 1.54) is 501 Å². The highest BCUT2D eigenvalue weighted by Gasteiger charge is 2.17. The molecule has 0 saturated carbocycles. The van der Waals surface area contributed by atoms with Gasteiger partial charge in [0, 0.05) is 0 Å². The summed E-state index contributed by atoms with van der Waals surface area (Å²) in [5, 5.41) is 10.1. The molecule has 0 aromatic rings. The quantitative estimate of drug-likeness (QED) is 0.0421. The van der Waals surface area contributed by atoms with E-state index < -0.39 is 28.3 Å². The Morgan fingerprint density at radius 1 is 0.0769 bits per heavy atom. The fourth-order valence-electron chi connectivity index (χ4n) is 17.7. The van der Waals surface area contributed by atoms with Crippen LogP contribution in [0.25, 0.3) is 0 Å². The van der Waals surface area contributed by atoms with E-state index in [0.29, 0.717) is 0 Å². The maximum atomic E-state index is 2.32. The fraction of sp³-hybridized carbons (Fsp3) is 1.00. The molecule has 0 N–H and O–H groups in total. The van der Waals surface area contributed by atoms with Gasteiger partial charge < -0.3 is 0 Å². The van der Waals surface area contributed by atoms with Crippen molar-refractivity contribution < 1.29 is 0 Å². The van der Waals surface area contributed by atoms with Crippen LogP contribution < -0.4 is 0 Å². The van der Waals surface area contributed by atoms with Gasteiger partial charge in [0.1, 0.15) is 0 Å². The van der Waals surface area contributed by atoms with Gasteiger partial charge in [0.05, 0.1) is 0 Å². The van der Waals surface area contributed by atoms with Crippen LogP contribution in [0.3, 0.4) is 0 Å². The van der Waals surface area contributed by atoms with Gasteiger partial charge in [-0.05, 0) is 0 Å². The van der Waals surface area contributed by atoms with E-state index in [9.17, 15) is 0 Å². The topological polar surface area (TPSA) is 0 Å². The lowest BCUT2D eigenvalue weighted by Gasteiger charge is -2.12. The molecule has 0 aliphatic heterocycles. The van der Waals surface area contributed by atoms with Gasteiger partial charge in [0.2, 0.25) is 0 Å². The Morgan fingerprint density at radius 3 is 0.202 bits per heavy atom. The van der Waals surface area contributed by atoms with Gasteiger partial charge in [-0.1, -0.05) is 651 Å². The van der Waals surface area contributed by atoms with Crippen molar-refractivity contribution in [3.05, 3.63) is 0 Å². The SMILES string of the molecule is CCCCCCCCCCCCCCCCC[CH2][Al]([CH2]CCCCCCCCCCCCCCCCC)[CH2]CCCCCCCCCCCCCCCCC.CCCCCCCCCCCCCCC[CH2][Al]([CH2]CCCCCCCCCCCCCCC)[CH2]CCCCCCCCCCCCCCC. The Bertz CT molecular complexity index is 1210. The molecule has 0 aromatic carbocycles. The zero-order valence-corrected chi connectivity index (χ0v) is 77.3. The van der Waals surface area contributed by atoms with Crippen molar-refractivity contribution in [2.75, 3.05) is 0 Å². The van der Waals surface area contributed by atoms with Crippen LogP contribution in [0.5, 0.6) is 0 Å². The minimum atomic E-state index is -0.513. The Morgan fingerprint density at radius 2 is 0.135 bits per heavy atom. The Labute approximate surface area is 674 Å². The first kappa shape index (κ1) is 107. The van der Waals surface area contributed by atoms with Crippen LogP contribution in [0.15, 0.2) is 0 Å². The number of unbranched alkanes of at least 4 members (excludes halogenated alkanes) is 84. The van der Waals surface area contributed by atoms with Crippen LogP contribution in [-0.2, 0) is 0 Å². The molecule has 0 saturated heterocycles. The molecule has 0 aromatic heterocycles. The van der Waals surface area contributed by atoms with Gasteiger partial charge in [-0.2, -0.15) is 0 Å². The first-order chi connectivity index (χ1) is 51.7. The number of hydrogen-bond acceptors (Lipinski definition) is 0. The normalized spacial score (nSPS) is 11.6. The molecule has 0 aliphatic rings. The maximum absolute atomic E-state index is 2.32. The Kier molecular flexibility index (Phi) is 107. The summed E-state index contributed by atoms with van der Waals surface area (Å²) in [5.74, 6) is 0. The van der Waals surface area contributed by atoms with Crippen LogP contribution in [0.2, 0.25) is 31.7 Å². The van der Waals surface area contributed by atoms with Gasteiger partial charge in [0.25, 0.3) is 28.3 Å². The third-order valence-electron chi connectivity index (χ3n) is 25.3. The van der Waals surface area contributed by atoms with E-state index in [0.717, 1.165) is 0 Å². The largest absolute Gasteiger partial charge is 0.261 e. The Balaban J connectivity index is 0. The second kappa shape index (κ2) is 104. The highest BCUT2D eigenvalue weighted by atomic mass is 27.2. The average molecular weight is 1490 g/mol. The summed E-state index contributed by atoms with van der Waals surface area (Å²) in [5.41, 5.74) is 0. The monoisotopic (exact) mass is 1490 g/mol. The van der Waals surface area contributed by atoms with Crippen molar-refractivity contribution in [3.63, 3.8) is 0 Å². The number of rotatable bonds is 96. The molecule has 0 rings (SSSR count). The molecule has 0 nitrogen and oxygen atoms in total. The first-order valence-corrected chi connectivity index (χ1v) is 56.6. The molecule has 0 bridgehead atoms. The molecule has 0 heterocycles. The van der Waals surface area contributed by atoms with E-state index in [4.69, 9.17) is 0 Å². The average Bonchev–Trinajstić information content (AvgIpc) is 1.71. The zero-order chi connectivity index (χ0) is 75.0. The zero-order valence-electron chi connectivity index (χ0n) is 75.0. The highest BCUT2D eigenvalue weighted by Crippen LogP contribution is 2.26. The molecule has 0 amide bonds. The molecular formula is C102H210Al2. The summed E-state index contributed by atoms with van der Waals surface area (Å²) in [6, 6.07) is 0.